The van der Waals surface area contributed by atoms with E-state index in [9.17, 15) is 4.79 Å². The Kier molecular flexibility index (Phi) is 7.93. The molecule has 7 rings (SSSR count). The minimum Gasteiger partial charge on any atom is -0.456 e. The molecule has 0 aliphatic carbocycles. The van der Waals surface area contributed by atoms with E-state index in [0.29, 0.717) is 19.2 Å². The third-order valence-electron chi connectivity index (χ3n) is 8.77. The van der Waals surface area contributed by atoms with Crippen LogP contribution >= 0.6 is 0 Å². The van der Waals surface area contributed by atoms with Crippen LogP contribution in [0.15, 0.2) is 71.9 Å². The molecular weight excluding hydrogens is 554 g/mol. The Labute approximate surface area is 257 Å². The van der Waals surface area contributed by atoms with Gasteiger partial charge < -0.3 is 29.6 Å². The highest BCUT2D eigenvalue weighted by atomic mass is 16.5. The molecule has 3 aliphatic rings. The first-order chi connectivity index (χ1) is 21.5. The normalized spacial score (nSPS) is 18.7. The number of anilines is 3. The summed E-state index contributed by atoms with van der Waals surface area (Å²) in [6, 6.07) is 16.8. The molecule has 0 spiro atoms. The van der Waals surface area contributed by atoms with Gasteiger partial charge in [-0.05, 0) is 42.7 Å². The second-order valence-corrected chi connectivity index (χ2v) is 12.1. The first kappa shape index (κ1) is 28.4. The topological polar surface area (TPSA) is 98.9 Å². The third kappa shape index (κ3) is 6.13. The number of aromatic nitrogens is 3. The van der Waals surface area contributed by atoms with Crippen molar-refractivity contribution in [2.24, 2.45) is 0 Å². The van der Waals surface area contributed by atoms with E-state index in [1.54, 1.807) is 12.3 Å². The van der Waals surface area contributed by atoms with Crippen molar-refractivity contribution >= 4 is 17.3 Å². The number of likely N-dealkylation sites (tertiary alicyclic amines) is 1. The number of ether oxygens (including phenoxy) is 2. The number of benzene rings is 2. The molecule has 4 aromatic rings. The summed E-state index contributed by atoms with van der Waals surface area (Å²) in [5.74, 6) is 2.53. The van der Waals surface area contributed by atoms with Crippen LogP contribution in [0, 0.1) is 0 Å². The molecular formula is C34H39N7O3. The second kappa shape index (κ2) is 12.3. The Morgan fingerprint density at radius 3 is 2.66 bits per heavy atom. The predicted octanol–water partition coefficient (Wildman–Crippen LogP) is 4.58. The molecule has 10 heteroatoms. The SMILES string of the molecule is CN(C)c1ncc(CN2CCC(Nc3ccc4c(c3)Cc3cccc(C5CN(c6cc[nH]c(=O)c6)CCO5)c3O4)CC2)cn1. The Morgan fingerprint density at radius 2 is 1.86 bits per heavy atom. The van der Waals surface area contributed by atoms with Crippen molar-refractivity contribution in [2.75, 3.05) is 62.0 Å². The number of aromatic amines is 1. The molecule has 3 aliphatic heterocycles. The summed E-state index contributed by atoms with van der Waals surface area (Å²) in [5, 5.41) is 3.78. The van der Waals surface area contributed by atoms with E-state index in [-0.39, 0.29) is 11.7 Å². The van der Waals surface area contributed by atoms with Crippen molar-refractivity contribution < 1.29 is 9.47 Å². The molecule has 0 bridgehead atoms. The third-order valence-corrected chi connectivity index (χ3v) is 8.77. The highest BCUT2D eigenvalue weighted by Gasteiger charge is 2.29. The largest absolute Gasteiger partial charge is 0.456 e. The van der Waals surface area contributed by atoms with Crippen LogP contribution < -0.4 is 25.4 Å². The molecule has 2 N–H and O–H groups in total. The average Bonchev–Trinajstić information content (AvgIpc) is 3.05. The van der Waals surface area contributed by atoms with Gasteiger partial charge in [0.1, 0.15) is 17.6 Å². The van der Waals surface area contributed by atoms with Gasteiger partial charge in [-0.1, -0.05) is 18.2 Å². The van der Waals surface area contributed by atoms with Crippen LogP contribution in [0.1, 0.15) is 41.2 Å². The van der Waals surface area contributed by atoms with Gasteiger partial charge in [-0.2, -0.15) is 0 Å². The molecule has 228 valence electrons. The lowest BCUT2D eigenvalue weighted by atomic mass is 9.95. The minimum atomic E-state index is -0.142. The van der Waals surface area contributed by atoms with E-state index < -0.39 is 0 Å². The number of H-pyrrole nitrogens is 1. The fourth-order valence-electron chi connectivity index (χ4n) is 6.44. The van der Waals surface area contributed by atoms with E-state index in [4.69, 9.17) is 9.47 Å². The smallest absolute Gasteiger partial charge is 0.249 e. The average molecular weight is 594 g/mol. The zero-order valence-corrected chi connectivity index (χ0v) is 25.3. The molecule has 2 aromatic heterocycles. The van der Waals surface area contributed by atoms with Gasteiger partial charge in [0.25, 0.3) is 0 Å². The monoisotopic (exact) mass is 593 g/mol. The summed E-state index contributed by atoms with van der Waals surface area (Å²) in [5.41, 5.74) is 6.51. The number of fused-ring (bicyclic) bond motifs is 2. The van der Waals surface area contributed by atoms with Crippen molar-refractivity contribution in [3.63, 3.8) is 0 Å². The molecule has 1 unspecified atom stereocenters. The molecule has 0 radical (unpaired) electrons. The lowest BCUT2D eigenvalue weighted by Crippen LogP contribution is -2.39. The number of piperidine rings is 1. The fourth-order valence-corrected chi connectivity index (χ4v) is 6.44. The van der Waals surface area contributed by atoms with Crippen LogP contribution in [0.5, 0.6) is 11.5 Å². The van der Waals surface area contributed by atoms with E-state index in [1.165, 1.54) is 11.1 Å². The molecule has 5 heterocycles. The van der Waals surface area contributed by atoms with Crippen molar-refractivity contribution in [1.29, 1.82) is 0 Å². The van der Waals surface area contributed by atoms with Gasteiger partial charge in [-0.25, -0.2) is 9.97 Å². The summed E-state index contributed by atoms with van der Waals surface area (Å²) in [6.45, 7) is 4.96. The van der Waals surface area contributed by atoms with Gasteiger partial charge in [0.15, 0.2) is 0 Å². The van der Waals surface area contributed by atoms with Gasteiger partial charge in [0.05, 0.1) is 6.61 Å². The van der Waals surface area contributed by atoms with Crippen LogP contribution in [0.4, 0.5) is 17.3 Å². The Bertz CT molecular complexity index is 1660. The Balaban J connectivity index is 0.975. The number of pyridine rings is 1. The quantitative estimate of drug-likeness (QED) is 0.281. The maximum atomic E-state index is 11.9. The van der Waals surface area contributed by atoms with Gasteiger partial charge >= 0.3 is 0 Å². The highest BCUT2D eigenvalue weighted by Crippen LogP contribution is 2.43. The van der Waals surface area contributed by atoms with Crippen molar-refractivity contribution in [1.82, 2.24) is 19.9 Å². The van der Waals surface area contributed by atoms with Crippen LogP contribution in [-0.4, -0.2) is 72.8 Å². The number of nitrogens with zero attached hydrogens (tertiary/aromatic N) is 5. The minimum absolute atomic E-state index is 0.0978. The van der Waals surface area contributed by atoms with Gasteiger partial charge in [-0.15, -0.1) is 0 Å². The van der Waals surface area contributed by atoms with Crippen molar-refractivity contribution in [2.45, 2.75) is 38.0 Å². The van der Waals surface area contributed by atoms with Gasteiger partial charge in [0, 0.05) is 112 Å². The maximum Gasteiger partial charge on any atom is 0.249 e. The zero-order chi connectivity index (χ0) is 30.0. The summed E-state index contributed by atoms with van der Waals surface area (Å²) >= 11 is 0. The second-order valence-electron chi connectivity index (χ2n) is 12.1. The first-order valence-electron chi connectivity index (χ1n) is 15.4. The molecule has 2 fully saturated rings. The van der Waals surface area contributed by atoms with Gasteiger partial charge in [0.2, 0.25) is 11.5 Å². The molecule has 2 saturated heterocycles. The van der Waals surface area contributed by atoms with Crippen LogP contribution in [0.3, 0.4) is 0 Å². The molecule has 0 saturated carbocycles. The van der Waals surface area contributed by atoms with Gasteiger partial charge in [-0.3, -0.25) is 9.69 Å². The standard InChI is InChI=1S/C34H39N7O3/c1-39(2)34-36-19-23(20-37-34)21-40-12-9-26(10-13-40)38-27-6-7-30-25(17-27)16-24-4-3-5-29(33(24)44-30)31-22-41(14-15-43-31)28-8-11-35-32(42)18-28/h3-8,11,17-20,26,31,38H,9-10,12-16,21-22H2,1-2H3,(H,35,42). The predicted molar refractivity (Wildman–Crippen MR) is 172 cm³/mol. The van der Waals surface area contributed by atoms with E-state index in [2.05, 4.69) is 66.5 Å². The van der Waals surface area contributed by atoms with Crippen molar-refractivity contribution in [3.8, 4) is 11.5 Å². The van der Waals surface area contributed by atoms with E-state index in [1.807, 2.05) is 37.5 Å². The van der Waals surface area contributed by atoms with Crippen LogP contribution in [0.2, 0.25) is 0 Å². The number of para-hydroxylation sites is 1. The number of rotatable bonds is 7. The number of hydrogen-bond acceptors (Lipinski definition) is 9. The van der Waals surface area contributed by atoms with E-state index >= 15 is 0 Å². The lowest BCUT2D eigenvalue weighted by Gasteiger charge is -2.36. The summed E-state index contributed by atoms with van der Waals surface area (Å²) in [6.07, 6.45) is 8.42. The molecule has 10 nitrogen and oxygen atoms in total. The molecule has 1 atom stereocenters. The van der Waals surface area contributed by atoms with Crippen LogP contribution in [0.25, 0.3) is 0 Å². The summed E-state index contributed by atoms with van der Waals surface area (Å²) < 4.78 is 12.8. The fraction of sp³-hybridized carbons (Fsp3) is 0.382. The maximum absolute atomic E-state index is 11.9. The molecule has 2 aromatic carbocycles. The molecule has 0 amide bonds. The Hall–Kier alpha value is -4.41. The van der Waals surface area contributed by atoms with Crippen LogP contribution in [-0.2, 0) is 17.7 Å². The van der Waals surface area contributed by atoms with E-state index in [0.717, 1.165) is 85.4 Å². The summed E-state index contributed by atoms with van der Waals surface area (Å²) in [7, 11) is 3.91. The highest BCUT2D eigenvalue weighted by molar-refractivity contribution is 5.59. The first-order valence-corrected chi connectivity index (χ1v) is 15.4. The zero-order valence-electron chi connectivity index (χ0n) is 25.3. The molecule has 44 heavy (non-hydrogen) atoms. The number of morpholine rings is 1. The number of nitrogens with one attached hydrogen (secondary N) is 2. The number of hydrogen-bond donors (Lipinski definition) is 2. The van der Waals surface area contributed by atoms with Crippen molar-refractivity contribution in [3.05, 3.63) is 99.7 Å². The Morgan fingerprint density at radius 1 is 1.02 bits per heavy atom. The lowest BCUT2D eigenvalue weighted by molar-refractivity contribution is 0.0384. The summed E-state index contributed by atoms with van der Waals surface area (Å²) in [4.78, 5) is 30.1.